The van der Waals surface area contributed by atoms with Crippen LogP contribution in [0, 0.1) is 0 Å². The molecule has 0 bridgehead atoms. The molecule has 0 heterocycles. The zero-order valence-electron chi connectivity index (χ0n) is 17.3. The van der Waals surface area contributed by atoms with Gasteiger partial charge in [0.15, 0.2) is 11.1 Å². The van der Waals surface area contributed by atoms with Crippen molar-refractivity contribution in [1.29, 1.82) is 0 Å². The number of hydrogen-bond acceptors (Lipinski definition) is 6. The fourth-order valence-electron chi connectivity index (χ4n) is 2.43. The molecule has 7 heteroatoms. The number of thiol groups is 1. The summed E-state index contributed by atoms with van der Waals surface area (Å²) in [6, 6.07) is 0. The van der Waals surface area contributed by atoms with Crippen LogP contribution in [0.15, 0.2) is 0 Å². The highest BCUT2D eigenvalue weighted by Gasteiger charge is 2.21. The molecule has 0 saturated heterocycles. The van der Waals surface area contributed by atoms with Gasteiger partial charge in [0.2, 0.25) is 5.12 Å². The maximum Gasteiger partial charge on any atom is 0.318 e. The Morgan fingerprint density at radius 3 is 1.67 bits per heavy atom. The standard InChI is InChI=1S/C20H38O5S2/c1-4-7-8-9-10-11-12-13-14-15-16-17-20(23)27(25-19(22)6-3)26-24-18(21)5-2/h27H,4-17H2,1-3H3. The Morgan fingerprint density at radius 1 is 0.704 bits per heavy atom. The Kier molecular flexibility index (Phi) is 18.2. The summed E-state index contributed by atoms with van der Waals surface area (Å²) < 4.78 is 10.1. The predicted octanol–water partition coefficient (Wildman–Crippen LogP) is 6.60. The molecule has 0 aliphatic heterocycles. The van der Waals surface area contributed by atoms with Gasteiger partial charge in [-0.05, 0) is 6.42 Å². The van der Waals surface area contributed by atoms with Gasteiger partial charge in [0.05, 0.1) is 0 Å². The van der Waals surface area contributed by atoms with Crippen LogP contribution in [0.1, 0.15) is 111 Å². The smallest absolute Gasteiger partial charge is 0.318 e. The van der Waals surface area contributed by atoms with E-state index in [1.165, 1.54) is 51.4 Å². The maximum atomic E-state index is 12.3. The highest BCUT2D eigenvalue weighted by molar-refractivity contribution is 8.87. The van der Waals surface area contributed by atoms with Crippen molar-refractivity contribution < 1.29 is 22.7 Å². The van der Waals surface area contributed by atoms with E-state index in [0.29, 0.717) is 17.5 Å². The van der Waals surface area contributed by atoms with Gasteiger partial charge in [-0.3, -0.25) is 14.4 Å². The molecule has 0 fully saturated rings. The molecule has 0 rings (SSSR count). The van der Waals surface area contributed by atoms with Crippen molar-refractivity contribution in [2.24, 2.45) is 0 Å². The minimum atomic E-state index is -1.76. The fraction of sp³-hybridized carbons (Fsp3) is 0.850. The van der Waals surface area contributed by atoms with Crippen molar-refractivity contribution in [2.75, 3.05) is 0 Å². The Balaban J connectivity index is 3.88. The molecule has 0 aliphatic rings. The number of hydrogen-bond donors (Lipinski definition) is 1. The molecule has 0 aromatic carbocycles. The molecule has 0 amide bonds. The van der Waals surface area contributed by atoms with Gasteiger partial charge >= 0.3 is 11.9 Å². The number of rotatable bonds is 16. The van der Waals surface area contributed by atoms with Gasteiger partial charge in [0.25, 0.3) is 0 Å². The van der Waals surface area contributed by atoms with Crippen molar-refractivity contribution in [3.05, 3.63) is 0 Å². The zero-order chi connectivity index (χ0) is 20.3. The summed E-state index contributed by atoms with van der Waals surface area (Å²) in [6.45, 7) is 5.58. The van der Waals surface area contributed by atoms with Gasteiger partial charge in [0.1, 0.15) is 0 Å². The van der Waals surface area contributed by atoms with Crippen molar-refractivity contribution >= 4 is 38.3 Å². The first-order valence-electron chi connectivity index (χ1n) is 10.5. The molecular formula is C20H38O5S2. The third kappa shape index (κ3) is 16.0. The lowest BCUT2D eigenvalue weighted by Gasteiger charge is -2.17. The van der Waals surface area contributed by atoms with Gasteiger partial charge in [-0.2, -0.15) is 0 Å². The summed E-state index contributed by atoms with van der Waals surface area (Å²) in [5.41, 5.74) is 0. The van der Waals surface area contributed by atoms with Gasteiger partial charge in [-0.1, -0.05) is 85.0 Å². The first-order chi connectivity index (χ1) is 13.0. The number of unbranched alkanes of at least 4 members (excludes halogenated alkanes) is 10. The van der Waals surface area contributed by atoms with E-state index < -0.39 is 22.1 Å². The summed E-state index contributed by atoms with van der Waals surface area (Å²) in [6.07, 6.45) is 14.2. The minimum Gasteiger partial charge on any atom is -0.398 e. The van der Waals surface area contributed by atoms with Gasteiger partial charge in [0, 0.05) is 29.5 Å². The first kappa shape index (κ1) is 26.3. The quantitative estimate of drug-likeness (QED) is 0.131. The van der Waals surface area contributed by atoms with Crippen molar-refractivity contribution in [3.63, 3.8) is 0 Å². The molecule has 0 aromatic heterocycles. The van der Waals surface area contributed by atoms with Crippen LogP contribution in [-0.2, 0) is 22.7 Å². The third-order valence-corrected chi connectivity index (χ3v) is 7.02. The molecule has 0 aromatic rings. The topological polar surface area (TPSA) is 69.7 Å². The third-order valence-electron chi connectivity index (χ3n) is 4.16. The van der Waals surface area contributed by atoms with Crippen molar-refractivity contribution in [2.45, 2.75) is 111 Å². The summed E-state index contributed by atoms with van der Waals surface area (Å²) in [4.78, 5) is 35.1. The second-order valence-electron chi connectivity index (χ2n) is 6.64. The predicted molar refractivity (Wildman–Crippen MR) is 115 cm³/mol. The van der Waals surface area contributed by atoms with Crippen LogP contribution in [0.4, 0.5) is 0 Å². The number of carbonyl (C=O) groups excluding carboxylic acids is 3. The van der Waals surface area contributed by atoms with E-state index >= 15 is 0 Å². The Hall–Kier alpha value is -0.690. The molecular weight excluding hydrogens is 384 g/mol. The van der Waals surface area contributed by atoms with E-state index in [-0.39, 0.29) is 18.0 Å². The van der Waals surface area contributed by atoms with E-state index in [2.05, 4.69) is 6.92 Å². The van der Waals surface area contributed by atoms with Crippen molar-refractivity contribution in [1.82, 2.24) is 0 Å². The Morgan fingerprint density at radius 2 is 1.19 bits per heavy atom. The highest BCUT2D eigenvalue weighted by atomic mass is 33.1. The van der Waals surface area contributed by atoms with E-state index in [1.54, 1.807) is 13.8 Å². The van der Waals surface area contributed by atoms with Crippen LogP contribution in [0.5, 0.6) is 0 Å². The van der Waals surface area contributed by atoms with E-state index in [4.69, 9.17) is 8.37 Å². The van der Waals surface area contributed by atoms with Crippen LogP contribution in [-0.4, -0.2) is 17.1 Å². The van der Waals surface area contributed by atoms with E-state index in [9.17, 15) is 14.4 Å². The lowest BCUT2D eigenvalue weighted by molar-refractivity contribution is -0.134. The molecule has 0 N–H and O–H groups in total. The molecule has 0 saturated carbocycles. The van der Waals surface area contributed by atoms with Gasteiger partial charge in [-0.25, -0.2) is 0 Å². The minimum absolute atomic E-state index is 0.128. The summed E-state index contributed by atoms with van der Waals surface area (Å²) in [5, 5.41) is -0.128. The normalized spacial score (nSPS) is 12.5. The second kappa shape index (κ2) is 18.7. The highest BCUT2D eigenvalue weighted by Crippen LogP contribution is 2.44. The Bertz CT molecular complexity index is 415. The lowest BCUT2D eigenvalue weighted by atomic mass is 10.1. The molecule has 5 nitrogen and oxygen atoms in total. The molecule has 0 radical (unpaired) electrons. The largest absolute Gasteiger partial charge is 0.398 e. The molecule has 0 spiro atoms. The monoisotopic (exact) mass is 422 g/mol. The van der Waals surface area contributed by atoms with Crippen LogP contribution >= 0.6 is 21.3 Å². The van der Waals surface area contributed by atoms with Gasteiger partial charge in [-0.15, -0.1) is 0 Å². The van der Waals surface area contributed by atoms with E-state index in [1.807, 2.05) is 0 Å². The molecule has 27 heavy (non-hydrogen) atoms. The first-order valence-corrected chi connectivity index (χ1v) is 13.1. The summed E-state index contributed by atoms with van der Waals surface area (Å²) >= 11 is 0.712. The van der Waals surface area contributed by atoms with Gasteiger partial charge < -0.3 is 8.37 Å². The molecule has 0 aliphatic carbocycles. The SMILES string of the molecule is CCCCCCCCCCCCCC(=O)[SH](OC(=O)CC)SOC(=O)CC. The fourth-order valence-corrected chi connectivity index (χ4v) is 4.89. The average molecular weight is 423 g/mol. The number of carbonyl (C=O) groups is 3. The molecule has 1 unspecified atom stereocenters. The second-order valence-corrected chi connectivity index (χ2v) is 9.59. The van der Waals surface area contributed by atoms with E-state index in [0.717, 1.165) is 19.3 Å². The Labute approximate surface area is 171 Å². The average Bonchev–Trinajstić information content (AvgIpc) is 2.68. The lowest BCUT2D eigenvalue weighted by Crippen LogP contribution is -2.07. The zero-order valence-corrected chi connectivity index (χ0v) is 19.0. The summed E-state index contributed by atoms with van der Waals surface area (Å²) in [7, 11) is -1.76. The van der Waals surface area contributed by atoms with Crippen LogP contribution in [0.3, 0.4) is 0 Å². The van der Waals surface area contributed by atoms with Crippen LogP contribution in [0.2, 0.25) is 0 Å². The van der Waals surface area contributed by atoms with Crippen LogP contribution in [0.25, 0.3) is 0 Å². The van der Waals surface area contributed by atoms with Crippen LogP contribution < -0.4 is 0 Å². The molecule has 160 valence electrons. The summed E-state index contributed by atoms with van der Waals surface area (Å²) in [5.74, 6) is -0.851. The van der Waals surface area contributed by atoms with Crippen molar-refractivity contribution in [3.8, 4) is 0 Å². The molecule has 1 atom stereocenters. The maximum absolute atomic E-state index is 12.3.